The van der Waals surface area contributed by atoms with Crippen LogP contribution in [0.3, 0.4) is 0 Å². The quantitative estimate of drug-likeness (QED) is 0.788. The Morgan fingerprint density at radius 3 is 2.83 bits per heavy atom. The van der Waals surface area contributed by atoms with E-state index < -0.39 is 0 Å². The maximum Gasteiger partial charge on any atom is 0.315 e. The van der Waals surface area contributed by atoms with Gasteiger partial charge < -0.3 is 21.3 Å². The molecule has 0 saturated carbocycles. The Balaban J connectivity index is 1.51. The fourth-order valence-corrected chi connectivity index (χ4v) is 2.66. The summed E-state index contributed by atoms with van der Waals surface area (Å²) in [4.78, 5) is 29.9. The normalized spacial score (nSPS) is 16.9. The number of amides is 3. The van der Waals surface area contributed by atoms with E-state index in [0.29, 0.717) is 24.3 Å². The summed E-state index contributed by atoms with van der Waals surface area (Å²) < 4.78 is 0. The van der Waals surface area contributed by atoms with E-state index in [1.165, 1.54) is 0 Å². The van der Waals surface area contributed by atoms with Crippen LogP contribution in [0.5, 0.6) is 0 Å². The zero-order valence-electron chi connectivity index (χ0n) is 13.1. The summed E-state index contributed by atoms with van der Waals surface area (Å²) >= 11 is 0. The molecule has 0 bridgehead atoms. The summed E-state index contributed by atoms with van der Waals surface area (Å²) in [5.74, 6) is 0.00370. The first-order valence-corrected chi connectivity index (χ1v) is 7.72. The molecule has 1 atom stereocenters. The Morgan fingerprint density at radius 2 is 2.08 bits per heavy atom. The van der Waals surface area contributed by atoms with E-state index in [0.717, 1.165) is 5.69 Å². The lowest BCUT2D eigenvalue weighted by Gasteiger charge is -2.17. The highest BCUT2D eigenvalue weighted by molar-refractivity contribution is 5.96. The monoisotopic (exact) mass is 325 g/mol. The van der Waals surface area contributed by atoms with Crippen molar-refractivity contribution in [1.82, 2.24) is 15.6 Å². The van der Waals surface area contributed by atoms with Gasteiger partial charge in [-0.25, -0.2) is 4.79 Å². The topological polar surface area (TPSA) is 100 Å². The molecule has 0 spiro atoms. The van der Waals surface area contributed by atoms with Gasteiger partial charge in [-0.05, 0) is 24.3 Å². The molecule has 1 unspecified atom stereocenters. The van der Waals surface area contributed by atoms with Crippen LogP contribution in [-0.2, 0) is 11.3 Å². The highest BCUT2D eigenvalue weighted by Crippen LogP contribution is 2.20. The largest absolute Gasteiger partial charge is 0.399 e. The van der Waals surface area contributed by atoms with Gasteiger partial charge in [-0.1, -0.05) is 18.2 Å². The second kappa shape index (κ2) is 6.99. The van der Waals surface area contributed by atoms with Gasteiger partial charge in [0.15, 0.2) is 0 Å². The van der Waals surface area contributed by atoms with Crippen molar-refractivity contribution in [2.45, 2.75) is 19.0 Å². The number of carbonyl (C=O) groups is 2. The molecule has 7 heteroatoms. The van der Waals surface area contributed by atoms with Gasteiger partial charge in [0, 0.05) is 30.5 Å². The molecule has 1 saturated heterocycles. The number of pyridine rings is 1. The first kappa shape index (κ1) is 15.8. The van der Waals surface area contributed by atoms with Crippen LogP contribution in [0.1, 0.15) is 12.1 Å². The number of hydrogen-bond acceptors (Lipinski definition) is 4. The third-order valence-electron chi connectivity index (χ3n) is 3.80. The minimum Gasteiger partial charge on any atom is -0.399 e. The molecule has 24 heavy (non-hydrogen) atoms. The first-order valence-electron chi connectivity index (χ1n) is 7.72. The molecule has 4 N–H and O–H groups in total. The third-order valence-corrected chi connectivity index (χ3v) is 3.80. The van der Waals surface area contributed by atoms with Gasteiger partial charge >= 0.3 is 6.03 Å². The number of carbonyl (C=O) groups excluding carboxylic acids is 2. The number of nitrogen functional groups attached to an aromatic ring is 1. The lowest BCUT2D eigenvalue weighted by Crippen LogP contribution is -2.43. The molecule has 3 rings (SSSR count). The van der Waals surface area contributed by atoms with Gasteiger partial charge in [0.2, 0.25) is 5.91 Å². The van der Waals surface area contributed by atoms with Gasteiger partial charge in [-0.2, -0.15) is 0 Å². The first-order chi connectivity index (χ1) is 11.6. The van der Waals surface area contributed by atoms with Gasteiger partial charge in [-0.15, -0.1) is 0 Å². The molecule has 2 aromatic rings. The fourth-order valence-electron chi connectivity index (χ4n) is 2.66. The van der Waals surface area contributed by atoms with Gasteiger partial charge in [0.1, 0.15) is 0 Å². The number of rotatable bonds is 4. The molecule has 0 aliphatic carbocycles. The summed E-state index contributed by atoms with van der Waals surface area (Å²) in [5, 5.41) is 5.55. The van der Waals surface area contributed by atoms with Gasteiger partial charge in [0.05, 0.1) is 18.3 Å². The maximum atomic E-state index is 12.1. The zero-order valence-corrected chi connectivity index (χ0v) is 13.1. The fraction of sp³-hybridized carbons (Fsp3) is 0.235. The van der Waals surface area contributed by atoms with E-state index in [1.807, 2.05) is 30.3 Å². The van der Waals surface area contributed by atoms with Crippen LogP contribution >= 0.6 is 0 Å². The van der Waals surface area contributed by atoms with Crippen LogP contribution in [0.4, 0.5) is 16.2 Å². The Hall–Kier alpha value is -3.09. The Morgan fingerprint density at radius 1 is 1.29 bits per heavy atom. The number of anilines is 2. The molecule has 1 aromatic carbocycles. The average Bonchev–Trinajstić information content (AvgIpc) is 2.94. The van der Waals surface area contributed by atoms with Crippen molar-refractivity contribution in [2.24, 2.45) is 0 Å². The number of para-hydroxylation sites is 1. The number of hydrogen-bond donors (Lipinski definition) is 3. The molecule has 1 aromatic heterocycles. The molecule has 0 radical (unpaired) electrons. The molecule has 7 nitrogen and oxygen atoms in total. The van der Waals surface area contributed by atoms with Gasteiger partial charge in [-0.3, -0.25) is 9.78 Å². The van der Waals surface area contributed by atoms with Crippen molar-refractivity contribution < 1.29 is 9.59 Å². The molecule has 1 fully saturated rings. The summed E-state index contributed by atoms with van der Waals surface area (Å²) in [6, 6.07) is 12.3. The smallest absolute Gasteiger partial charge is 0.315 e. The lowest BCUT2D eigenvalue weighted by atomic mass is 10.2. The number of urea groups is 1. The Bertz CT molecular complexity index is 735. The van der Waals surface area contributed by atoms with E-state index >= 15 is 0 Å². The molecule has 1 aliphatic heterocycles. The van der Waals surface area contributed by atoms with E-state index in [-0.39, 0.29) is 24.5 Å². The second-order valence-electron chi connectivity index (χ2n) is 5.65. The number of nitrogens with two attached hydrogens (primary N) is 1. The van der Waals surface area contributed by atoms with Gasteiger partial charge in [0.25, 0.3) is 0 Å². The zero-order chi connectivity index (χ0) is 16.9. The van der Waals surface area contributed by atoms with Crippen LogP contribution in [0.2, 0.25) is 0 Å². The molecular formula is C17H19N5O2. The molecule has 1 aliphatic rings. The maximum absolute atomic E-state index is 12.1. The predicted molar refractivity (Wildman–Crippen MR) is 91.2 cm³/mol. The molecule has 3 amide bonds. The standard InChI is InChI=1S/C17H19N5O2/c18-12-6-7-19-13(8-12)10-20-17(24)21-14-9-16(23)22(11-14)15-4-2-1-3-5-15/h1-8,14H,9-11H2,(H2,18,19)(H2,20,21,24). The SMILES string of the molecule is Nc1ccnc(CNC(=O)NC2CC(=O)N(c3ccccc3)C2)c1. The van der Waals surface area contributed by atoms with E-state index in [4.69, 9.17) is 5.73 Å². The van der Waals surface area contributed by atoms with E-state index in [2.05, 4.69) is 15.6 Å². The number of nitrogens with one attached hydrogen (secondary N) is 2. The second-order valence-corrected chi connectivity index (χ2v) is 5.65. The van der Waals surface area contributed by atoms with Crippen molar-refractivity contribution in [3.8, 4) is 0 Å². The average molecular weight is 325 g/mol. The Kier molecular flexibility index (Phi) is 4.60. The third kappa shape index (κ3) is 3.81. The lowest BCUT2D eigenvalue weighted by molar-refractivity contribution is -0.117. The summed E-state index contributed by atoms with van der Waals surface area (Å²) in [5.41, 5.74) is 7.79. The Labute approximate surface area is 139 Å². The van der Waals surface area contributed by atoms with Crippen molar-refractivity contribution in [1.29, 1.82) is 0 Å². The van der Waals surface area contributed by atoms with Crippen molar-refractivity contribution in [3.05, 3.63) is 54.4 Å². The van der Waals surface area contributed by atoms with Crippen LogP contribution in [-0.4, -0.2) is 29.5 Å². The summed E-state index contributed by atoms with van der Waals surface area (Å²) in [6.45, 7) is 0.743. The molecule has 124 valence electrons. The van der Waals surface area contributed by atoms with Crippen molar-refractivity contribution >= 4 is 23.3 Å². The van der Waals surface area contributed by atoms with Crippen molar-refractivity contribution in [3.63, 3.8) is 0 Å². The van der Waals surface area contributed by atoms with E-state index in [9.17, 15) is 9.59 Å². The summed E-state index contributed by atoms with van der Waals surface area (Å²) in [6.07, 6.45) is 1.89. The molecular weight excluding hydrogens is 306 g/mol. The van der Waals surface area contributed by atoms with Crippen LogP contribution in [0, 0.1) is 0 Å². The predicted octanol–water partition coefficient (Wildman–Crippen LogP) is 1.27. The number of aromatic nitrogens is 1. The van der Waals surface area contributed by atoms with Crippen LogP contribution < -0.4 is 21.3 Å². The number of benzene rings is 1. The highest BCUT2D eigenvalue weighted by atomic mass is 16.2. The highest BCUT2D eigenvalue weighted by Gasteiger charge is 2.31. The molecule has 2 heterocycles. The minimum absolute atomic E-state index is 0.00370. The summed E-state index contributed by atoms with van der Waals surface area (Å²) in [7, 11) is 0. The van der Waals surface area contributed by atoms with E-state index in [1.54, 1.807) is 23.2 Å². The van der Waals surface area contributed by atoms with Crippen LogP contribution in [0.15, 0.2) is 48.7 Å². The van der Waals surface area contributed by atoms with Crippen molar-refractivity contribution in [2.75, 3.05) is 17.2 Å². The number of nitrogens with zero attached hydrogens (tertiary/aromatic N) is 2. The minimum atomic E-state index is -0.327. The van der Waals surface area contributed by atoms with Crippen LogP contribution in [0.25, 0.3) is 0 Å².